The molecule has 2 aliphatic heterocycles. The monoisotopic (exact) mass is 156 g/mol. The highest BCUT2D eigenvalue weighted by Gasteiger charge is 2.55. The Kier molecular flexibility index (Phi) is 1.50. The van der Waals surface area contributed by atoms with Crippen LogP contribution in [0.25, 0.3) is 0 Å². The standard InChI is InChI=1S/C8H16N2O/c1-7-2-3-11-8(7,4-9)6-10-5-7/h10H,2-6,9H2,1H3/t7-,8+/m1/s1. The lowest BCUT2D eigenvalue weighted by molar-refractivity contribution is -0.0168. The van der Waals surface area contributed by atoms with Crippen molar-refractivity contribution >= 4 is 0 Å². The van der Waals surface area contributed by atoms with E-state index >= 15 is 0 Å². The third-order valence-electron chi connectivity index (χ3n) is 3.39. The number of ether oxygens (including phenoxy) is 1. The Bertz CT molecular complexity index is 159. The fourth-order valence-electron chi connectivity index (χ4n) is 2.31. The van der Waals surface area contributed by atoms with Crippen molar-refractivity contribution in [2.75, 3.05) is 26.2 Å². The maximum absolute atomic E-state index is 5.73. The summed E-state index contributed by atoms with van der Waals surface area (Å²) in [6.07, 6.45) is 1.15. The van der Waals surface area contributed by atoms with E-state index in [0.29, 0.717) is 12.0 Å². The Morgan fingerprint density at radius 1 is 1.55 bits per heavy atom. The van der Waals surface area contributed by atoms with Gasteiger partial charge in [0.1, 0.15) is 0 Å². The minimum absolute atomic E-state index is 0.0486. The summed E-state index contributed by atoms with van der Waals surface area (Å²) >= 11 is 0. The number of hydrogen-bond donors (Lipinski definition) is 2. The molecule has 0 amide bonds. The van der Waals surface area contributed by atoms with Crippen molar-refractivity contribution in [3.05, 3.63) is 0 Å². The molecule has 0 aliphatic carbocycles. The molecule has 0 bridgehead atoms. The van der Waals surface area contributed by atoms with Crippen molar-refractivity contribution in [1.29, 1.82) is 0 Å². The molecule has 2 atom stereocenters. The van der Waals surface area contributed by atoms with Crippen LogP contribution in [0.15, 0.2) is 0 Å². The van der Waals surface area contributed by atoms with Crippen molar-refractivity contribution < 1.29 is 4.74 Å². The summed E-state index contributed by atoms with van der Waals surface area (Å²) in [6.45, 7) is 5.79. The summed E-state index contributed by atoms with van der Waals surface area (Å²) in [7, 11) is 0. The number of nitrogens with two attached hydrogens (primary N) is 1. The molecule has 2 rings (SSSR count). The zero-order valence-electron chi connectivity index (χ0n) is 7.02. The molecule has 2 saturated heterocycles. The second kappa shape index (κ2) is 2.19. The molecule has 2 aliphatic rings. The smallest absolute Gasteiger partial charge is 0.0993 e. The molecule has 3 heteroatoms. The Morgan fingerprint density at radius 3 is 3.00 bits per heavy atom. The second-order valence-corrected chi connectivity index (χ2v) is 3.96. The first-order valence-electron chi connectivity index (χ1n) is 4.27. The summed E-state index contributed by atoms with van der Waals surface area (Å²) in [6, 6.07) is 0. The molecule has 11 heavy (non-hydrogen) atoms. The number of rotatable bonds is 1. The van der Waals surface area contributed by atoms with Crippen molar-refractivity contribution in [3.8, 4) is 0 Å². The van der Waals surface area contributed by atoms with Crippen LogP contribution >= 0.6 is 0 Å². The van der Waals surface area contributed by atoms with Crippen LogP contribution < -0.4 is 11.1 Å². The molecule has 0 unspecified atom stereocenters. The Labute approximate surface area is 67.3 Å². The minimum Gasteiger partial charge on any atom is -0.372 e. The third-order valence-corrected chi connectivity index (χ3v) is 3.39. The van der Waals surface area contributed by atoms with Crippen LogP contribution in [0.4, 0.5) is 0 Å². The van der Waals surface area contributed by atoms with E-state index < -0.39 is 0 Å². The lowest BCUT2D eigenvalue weighted by Gasteiger charge is -2.33. The van der Waals surface area contributed by atoms with Crippen molar-refractivity contribution in [2.45, 2.75) is 18.9 Å². The summed E-state index contributed by atoms with van der Waals surface area (Å²) in [5.41, 5.74) is 5.97. The van der Waals surface area contributed by atoms with Gasteiger partial charge in [0, 0.05) is 31.7 Å². The Balaban J connectivity index is 2.28. The second-order valence-electron chi connectivity index (χ2n) is 3.96. The molecule has 64 valence electrons. The van der Waals surface area contributed by atoms with Gasteiger partial charge in [0.2, 0.25) is 0 Å². The zero-order valence-corrected chi connectivity index (χ0v) is 7.02. The predicted molar refractivity (Wildman–Crippen MR) is 43.3 cm³/mol. The van der Waals surface area contributed by atoms with E-state index in [1.54, 1.807) is 0 Å². The van der Waals surface area contributed by atoms with Crippen LogP contribution in [0.3, 0.4) is 0 Å². The lowest BCUT2D eigenvalue weighted by atomic mass is 9.76. The van der Waals surface area contributed by atoms with E-state index in [0.717, 1.165) is 26.1 Å². The summed E-state index contributed by atoms with van der Waals surface area (Å²) in [5.74, 6) is 0. The molecule has 2 fully saturated rings. The first-order valence-corrected chi connectivity index (χ1v) is 4.27. The van der Waals surface area contributed by atoms with Gasteiger partial charge >= 0.3 is 0 Å². The molecule has 0 radical (unpaired) electrons. The van der Waals surface area contributed by atoms with E-state index in [4.69, 9.17) is 10.5 Å². The highest BCUT2D eigenvalue weighted by molar-refractivity contribution is 5.09. The van der Waals surface area contributed by atoms with Gasteiger partial charge in [0.15, 0.2) is 0 Å². The van der Waals surface area contributed by atoms with E-state index in [9.17, 15) is 0 Å². The van der Waals surface area contributed by atoms with E-state index in [2.05, 4.69) is 12.2 Å². The maximum Gasteiger partial charge on any atom is 0.0993 e. The van der Waals surface area contributed by atoms with E-state index in [1.807, 2.05) is 0 Å². The van der Waals surface area contributed by atoms with E-state index in [1.165, 1.54) is 0 Å². The SMILES string of the molecule is C[C@]12CCO[C@@]1(CN)CNC2. The molecule has 0 aromatic heterocycles. The minimum atomic E-state index is -0.0486. The van der Waals surface area contributed by atoms with Gasteiger partial charge in [-0.05, 0) is 6.42 Å². The number of fused-ring (bicyclic) bond motifs is 1. The van der Waals surface area contributed by atoms with Gasteiger partial charge in [-0.1, -0.05) is 6.92 Å². The van der Waals surface area contributed by atoms with Crippen LogP contribution in [0, 0.1) is 5.41 Å². The summed E-state index contributed by atoms with van der Waals surface area (Å²) < 4.78 is 5.73. The first kappa shape index (κ1) is 7.53. The topological polar surface area (TPSA) is 47.3 Å². The first-order chi connectivity index (χ1) is 5.22. The van der Waals surface area contributed by atoms with Gasteiger partial charge < -0.3 is 15.8 Å². The van der Waals surface area contributed by atoms with Gasteiger partial charge in [-0.2, -0.15) is 0 Å². The highest BCUT2D eigenvalue weighted by Crippen LogP contribution is 2.45. The molecular weight excluding hydrogens is 140 g/mol. The van der Waals surface area contributed by atoms with Crippen LogP contribution in [-0.4, -0.2) is 31.8 Å². The van der Waals surface area contributed by atoms with Crippen molar-refractivity contribution in [1.82, 2.24) is 5.32 Å². The lowest BCUT2D eigenvalue weighted by Crippen LogP contribution is -2.48. The summed E-state index contributed by atoms with van der Waals surface area (Å²) in [5, 5.41) is 3.35. The van der Waals surface area contributed by atoms with Crippen LogP contribution in [0.2, 0.25) is 0 Å². The molecular formula is C8H16N2O. The quantitative estimate of drug-likeness (QED) is 0.548. The molecule has 2 heterocycles. The highest BCUT2D eigenvalue weighted by atomic mass is 16.5. The molecule has 0 aromatic rings. The normalized spacial score (nSPS) is 49.6. The van der Waals surface area contributed by atoms with Gasteiger partial charge in [-0.15, -0.1) is 0 Å². The summed E-state index contributed by atoms with van der Waals surface area (Å²) in [4.78, 5) is 0. The van der Waals surface area contributed by atoms with Gasteiger partial charge in [-0.25, -0.2) is 0 Å². The molecule has 0 aromatic carbocycles. The zero-order chi connectivity index (χ0) is 7.95. The predicted octanol–water partition coefficient (Wildman–Crippen LogP) is -0.286. The number of hydrogen-bond acceptors (Lipinski definition) is 3. The van der Waals surface area contributed by atoms with Crippen LogP contribution in [0.1, 0.15) is 13.3 Å². The van der Waals surface area contributed by atoms with Gasteiger partial charge in [-0.3, -0.25) is 0 Å². The van der Waals surface area contributed by atoms with E-state index in [-0.39, 0.29) is 5.60 Å². The van der Waals surface area contributed by atoms with Crippen LogP contribution in [-0.2, 0) is 4.74 Å². The average Bonchev–Trinajstić information content (AvgIpc) is 2.41. The Morgan fingerprint density at radius 2 is 2.36 bits per heavy atom. The third kappa shape index (κ3) is 0.789. The van der Waals surface area contributed by atoms with Gasteiger partial charge in [0.25, 0.3) is 0 Å². The Hall–Kier alpha value is -0.120. The molecule has 0 spiro atoms. The molecule has 3 nitrogen and oxygen atoms in total. The van der Waals surface area contributed by atoms with Crippen molar-refractivity contribution in [3.63, 3.8) is 0 Å². The fraction of sp³-hybridized carbons (Fsp3) is 1.00. The largest absolute Gasteiger partial charge is 0.372 e. The van der Waals surface area contributed by atoms with Gasteiger partial charge in [0.05, 0.1) is 5.60 Å². The number of nitrogens with one attached hydrogen (secondary N) is 1. The maximum atomic E-state index is 5.73. The van der Waals surface area contributed by atoms with Crippen LogP contribution in [0.5, 0.6) is 0 Å². The van der Waals surface area contributed by atoms with Crippen molar-refractivity contribution in [2.24, 2.45) is 11.1 Å². The molecule has 0 saturated carbocycles. The molecule has 3 N–H and O–H groups in total. The fourth-order valence-corrected chi connectivity index (χ4v) is 2.31. The average molecular weight is 156 g/mol.